The largest absolute Gasteiger partial charge is 0.497 e. The van der Waals surface area contributed by atoms with Crippen LogP contribution in [0.4, 0.5) is 11.4 Å². The number of methoxy groups -OCH3 is 1. The Bertz CT molecular complexity index is 861. The lowest BCUT2D eigenvalue weighted by molar-refractivity contribution is -0.384. The van der Waals surface area contributed by atoms with E-state index in [4.69, 9.17) is 9.47 Å². The van der Waals surface area contributed by atoms with Crippen LogP contribution in [-0.2, 0) is 14.3 Å². The van der Waals surface area contributed by atoms with E-state index in [2.05, 4.69) is 5.32 Å². The summed E-state index contributed by atoms with van der Waals surface area (Å²) >= 11 is 0. The molecule has 0 heterocycles. The molecule has 1 N–H and O–H groups in total. The van der Waals surface area contributed by atoms with Crippen LogP contribution >= 0.6 is 0 Å². The van der Waals surface area contributed by atoms with Crippen LogP contribution in [0, 0.1) is 10.1 Å². The Morgan fingerprint density at radius 3 is 2.52 bits per heavy atom. The average Bonchev–Trinajstić information content (AvgIpc) is 2.67. The molecule has 0 aromatic heterocycles. The average molecular weight is 370 g/mol. The highest BCUT2D eigenvalue weighted by atomic mass is 16.6. The summed E-state index contributed by atoms with van der Waals surface area (Å²) in [6.07, 6.45) is 1.47. The molecule has 0 aliphatic rings. The first-order valence-electron chi connectivity index (χ1n) is 7.97. The van der Waals surface area contributed by atoms with E-state index in [9.17, 15) is 19.7 Å². The monoisotopic (exact) mass is 370 g/mol. The zero-order valence-corrected chi connectivity index (χ0v) is 14.7. The highest BCUT2D eigenvalue weighted by Gasteiger charge is 2.16. The topological polar surface area (TPSA) is 108 Å². The quantitative estimate of drug-likeness (QED) is 0.347. The zero-order valence-electron chi connectivity index (χ0n) is 14.7. The highest BCUT2D eigenvalue weighted by molar-refractivity contribution is 5.96. The Morgan fingerprint density at radius 1 is 1.19 bits per heavy atom. The number of carbonyl (C=O) groups is 2. The van der Waals surface area contributed by atoms with E-state index in [1.807, 2.05) is 0 Å². The van der Waals surface area contributed by atoms with Crippen LogP contribution in [0.1, 0.15) is 12.5 Å². The first-order valence-corrected chi connectivity index (χ1v) is 7.97. The predicted molar refractivity (Wildman–Crippen MR) is 99.3 cm³/mol. The molecule has 1 unspecified atom stereocenters. The number of rotatable bonds is 7. The second-order valence-corrected chi connectivity index (χ2v) is 5.48. The van der Waals surface area contributed by atoms with Gasteiger partial charge in [-0.2, -0.15) is 0 Å². The smallest absolute Gasteiger partial charge is 0.331 e. The van der Waals surface area contributed by atoms with Gasteiger partial charge in [0.2, 0.25) is 0 Å². The Morgan fingerprint density at radius 2 is 1.89 bits per heavy atom. The molecule has 2 rings (SSSR count). The molecule has 0 radical (unpaired) electrons. The molecular weight excluding hydrogens is 352 g/mol. The number of nitro benzene ring substituents is 1. The maximum absolute atomic E-state index is 12.1. The number of carbonyl (C=O) groups excluding carboxylic acids is 2. The number of esters is 1. The van der Waals surface area contributed by atoms with Crippen LogP contribution in [0.15, 0.2) is 54.6 Å². The van der Waals surface area contributed by atoms with Crippen LogP contribution in [0.5, 0.6) is 5.75 Å². The lowest BCUT2D eigenvalue weighted by Crippen LogP contribution is -2.29. The zero-order chi connectivity index (χ0) is 19.8. The van der Waals surface area contributed by atoms with E-state index in [-0.39, 0.29) is 5.69 Å². The molecule has 0 fully saturated rings. The highest BCUT2D eigenvalue weighted by Crippen LogP contribution is 2.16. The number of nitro groups is 1. The number of hydrogen-bond donors (Lipinski definition) is 1. The Balaban J connectivity index is 1.91. The normalized spacial score (nSPS) is 11.6. The van der Waals surface area contributed by atoms with Crippen LogP contribution in [0.25, 0.3) is 6.08 Å². The minimum atomic E-state index is -1.02. The Kier molecular flexibility index (Phi) is 6.65. The standard InChI is InChI=1S/C19H18N2O6/c1-13(19(23)20-15-7-9-17(26-2)10-8-15)27-18(22)11-6-14-4-3-5-16(12-14)21(24)25/h3-13H,1-2H3,(H,20,23)/b11-6+. The van der Waals surface area contributed by atoms with E-state index in [1.165, 1.54) is 38.3 Å². The van der Waals surface area contributed by atoms with Gasteiger partial charge in [-0.05, 0) is 42.8 Å². The molecule has 27 heavy (non-hydrogen) atoms. The Hall–Kier alpha value is -3.68. The minimum absolute atomic E-state index is 0.0854. The molecule has 1 amide bonds. The molecular formula is C19H18N2O6. The van der Waals surface area contributed by atoms with Gasteiger partial charge in [0, 0.05) is 23.9 Å². The number of nitrogens with one attached hydrogen (secondary N) is 1. The summed E-state index contributed by atoms with van der Waals surface area (Å²) in [7, 11) is 1.54. The second kappa shape index (κ2) is 9.14. The van der Waals surface area contributed by atoms with Gasteiger partial charge in [0.25, 0.3) is 11.6 Å². The summed E-state index contributed by atoms with van der Waals surface area (Å²) in [5.74, 6) is -0.574. The van der Waals surface area contributed by atoms with Crippen LogP contribution in [-0.4, -0.2) is 30.0 Å². The number of amides is 1. The van der Waals surface area contributed by atoms with Gasteiger partial charge in [0.05, 0.1) is 12.0 Å². The molecule has 0 aliphatic carbocycles. The van der Waals surface area contributed by atoms with Crippen molar-refractivity contribution in [3.63, 3.8) is 0 Å². The predicted octanol–water partition coefficient (Wildman–Crippen LogP) is 3.19. The van der Waals surface area contributed by atoms with Gasteiger partial charge in [0.1, 0.15) is 5.75 Å². The lowest BCUT2D eigenvalue weighted by atomic mass is 10.2. The molecule has 140 valence electrons. The van der Waals surface area contributed by atoms with Gasteiger partial charge >= 0.3 is 5.97 Å². The summed E-state index contributed by atoms with van der Waals surface area (Å²) in [6.45, 7) is 1.44. The van der Waals surface area contributed by atoms with E-state index in [0.29, 0.717) is 17.0 Å². The molecule has 8 heteroatoms. The second-order valence-electron chi connectivity index (χ2n) is 5.48. The maximum Gasteiger partial charge on any atom is 0.331 e. The van der Waals surface area contributed by atoms with E-state index in [0.717, 1.165) is 6.08 Å². The molecule has 0 saturated carbocycles. The minimum Gasteiger partial charge on any atom is -0.497 e. The molecule has 2 aromatic rings. The Labute approximate surface area is 155 Å². The SMILES string of the molecule is COc1ccc(NC(=O)C(C)OC(=O)/C=C/c2cccc([N+](=O)[O-])c2)cc1. The third-order valence-electron chi connectivity index (χ3n) is 3.51. The van der Waals surface area contributed by atoms with Crippen molar-refractivity contribution >= 4 is 29.3 Å². The molecule has 0 spiro atoms. The third kappa shape index (κ3) is 5.96. The first kappa shape index (κ1) is 19.6. The summed E-state index contributed by atoms with van der Waals surface area (Å²) in [5.41, 5.74) is 0.921. The van der Waals surface area contributed by atoms with Crippen molar-refractivity contribution < 1.29 is 24.0 Å². The van der Waals surface area contributed by atoms with Gasteiger partial charge in [-0.25, -0.2) is 4.79 Å². The van der Waals surface area contributed by atoms with Crippen molar-refractivity contribution in [1.29, 1.82) is 0 Å². The number of non-ortho nitro benzene ring substituents is 1. The van der Waals surface area contributed by atoms with Gasteiger partial charge in [0.15, 0.2) is 6.10 Å². The molecule has 2 aromatic carbocycles. The molecule has 8 nitrogen and oxygen atoms in total. The fourth-order valence-electron chi connectivity index (χ4n) is 2.09. The van der Waals surface area contributed by atoms with E-state index in [1.54, 1.807) is 30.3 Å². The number of anilines is 1. The van der Waals surface area contributed by atoms with Crippen LogP contribution in [0.2, 0.25) is 0 Å². The van der Waals surface area contributed by atoms with E-state index < -0.39 is 22.9 Å². The lowest BCUT2D eigenvalue weighted by Gasteiger charge is -2.12. The van der Waals surface area contributed by atoms with Crippen molar-refractivity contribution in [2.24, 2.45) is 0 Å². The summed E-state index contributed by atoms with van der Waals surface area (Å²) in [4.78, 5) is 34.1. The van der Waals surface area contributed by atoms with Crippen molar-refractivity contribution in [3.8, 4) is 5.75 Å². The van der Waals surface area contributed by atoms with Gasteiger partial charge in [-0.15, -0.1) is 0 Å². The fourth-order valence-corrected chi connectivity index (χ4v) is 2.09. The summed E-state index contributed by atoms with van der Waals surface area (Å²) in [5, 5.41) is 13.4. The molecule has 0 bridgehead atoms. The number of nitrogens with zero attached hydrogens (tertiary/aromatic N) is 1. The van der Waals surface area contributed by atoms with Gasteiger partial charge in [-0.3, -0.25) is 14.9 Å². The third-order valence-corrected chi connectivity index (χ3v) is 3.51. The molecule has 0 aliphatic heterocycles. The van der Waals surface area contributed by atoms with Crippen molar-refractivity contribution in [3.05, 3.63) is 70.3 Å². The maximum atomic E-state index is 12.1. The summed E-state index contributed by atoms with van der Waals surface area (Å²) in [6, 6.07) is 12.5. The number of benzene rings is 2. The molecule has 0 saturated heterocycles. The van der Waals surface area contributed by atoms with Gasteiger partial charge in [-0.1, -0.05) is 12.1 Å². The number of hydrogen-bond acceptors (Lipinski definition) is 6. The van der Waals surface area contributed by atoms with Crippen LogP contribution < -0.4 is 10.1 Å². The van der Waals surface area contributed by atoms with Gasteiger partial charge < -0.3 is 14.8 Å². The van der Waals surface area contributed by atoms with Crippen molar-refractivity contribution in [2.45, 2.75) is 13.0 Å². The van der Waals surface area contributed by atoms with Crippen LogP contribution in [0.3, 0.4) is 0 Å². The van der Waals surface area contributed by atoms with E-state index >= 15 is 0 Å². The number of ether oxygens (including phenoxy) is 2. The first-order chi connectivity index (χ1) is 12.9. The van der Waals surface area contributed by atoms with Crippen molar-refractivity contribution in [1.82, 2.24) is 0 Å². The van der Waals surface area contributed by atoms with Crippen molar-refractivity contribution in [2.75, 3.05) is 12.4 Å². The summed E-state index contributed by atoms with van der Waals surface area (Å²) < 4.78 is 10.1. The molecule has 1 atom stereocenters. The fraction of sp³-hybridized carbons (Fsp3) is 0.158.